The fourth-order valence-electron chi connectivity index (χ4n) is 2.39. The van der Waals surface area contributed by atoms with E-state index in [0.717, 1.165) is 36.5 Å². The molecule has 2 rings (SSSR count). The summed E-state index contributed by atoms with van der Waals surface area (Å²) in [6, 6.07) is 2.10. The largest absolute Gasteiger partial charge is 0.393 e. The molecule has 2 atom stereocenters. The standard InChI is InChI=1S/C13H21N3O/c1-9-5-11(6-14)7-15-13(9)16-4-3-12(17)10(2)8-16/h5,7,10,12,17H,3-4,6,8,14H2,1-2H3. The van der Waals surface area contributed by atoms with Gasteiger partial charge in [-0.05, 0) is 36.5 Å². The zero-order valence-electron chi connectivity index (χ0n) is 10.6. The van der Waals surface area contributed by atoms with Gasteiger partial charge in [-0.2, -0.15) is 0 Å². The number of aromatic nitrogens is 1. The van der Waals surface area contributed by atoms with Crippen molar-refractivity contribution in [3.63, 3.8) is 0 Å². The van der Waals surface area contributed by atoms with Crippen LogP contribution in [0.3, 0.4) is 0 Å². The van der Waals surface area contributed by atoms with Crippen LogP contribution in [-0.4, -0.2) is 29.3 Å². The molecule has 0 spiro atoms. The molecule has 0 aromatic carbocycles. The molecule has 1 aliphatic rings. The Balaban J connectivity index is 2.17. The molecule has 1 fully saturated rings. The SMILES string of the molecule is Cc1cc(CN)cnc1N1CCC(O)C(C)C1. The molecule has 2 unspecified atom stereocenters. The first-order valence-electron chi connectivity index (χ1n) is 6.20. The van der Waals surface area contributed by atoms with Gasteiger partial charge in [0.15, 0.2) is 0 Å². The summed E-state index contributed by atoms with van der Waals surface area (Å²) in [5, 5.41) is 9.73. The minimum atomic E-state index is -0.171. The number of pyridine rings is 1. The number of hydrogen-bond acceptors (Lipinski definition) is 4. The minimum Gasteiger partial charge on any atom is -0.393 e. The Hall–Kier alpha value is -1.13. The van der Waals surface area contributed by atoms with E-state index in [9.17, 15) is 5.11 Å². The first kappa shape index (κ1) is 12.3. The molecule has 0 amide bonds. The summed E-state index contributed by atoms with van der Waals surface area (Å²) in [5.41, 5.74) is 7.83. The van der Waals surface area contributed by atoms with Crippen LogP contribution >= 0.6 is 0 Å². The number of aliphatic hydroxyl groups is 1. The van der Waals surface area contributed by atoms with Crippen LogP contribution in [-0.2, 0) is 6.54 Å². The Kier molecular flexibility index (Phi) is 3.64. The van der Waals surface area contributed by atoms with E-state index in [1.165, 1.54) is 0 Å². The number of anilines is 1. The Morgan fingerprint density at radius 2 is 2.35 bits per heavy atom. The van der Waals surface area contributed by atoms with Gasteiger partial charge in [0.1, 0.15) is 5.82 Å². The molecule has 17 heavy (non-hydrogen) atoms. The number of nitrogens with zero attached hydrogens (tertiary/aromatic N) is 2. The van der Waals surface area contributed by atoms with E-state index >= 15 is 0 Å². The lowest BCUT2D eigenvalue weighted by Crippen LogP contribution is -2.42. The summed E-state index contributed by atoms with van der Waals surface area (Å²) < 4.78 is 0. The van der Waals surface area contributed by atoms with Crippen LogP contribution in [0.25, 0.3) is 0 Å². The van der Waals surface area contributed by atoms with Gasteiger partial charge >= 0.3 is 0 Å². The zero-order chi connectivity index (χ0) is 12.4. The third-order valence-electron chi connectivity index (χ3n) is 3.50. The second kappa shape index (κ2) is 5.02. The second-order valence-electron chi connectivity index (χ2n) is 4.97. The van der Waals surface area contributed by atoms with Crippen molar-refractivity contribution in [3.05, 3.63) is 23.4 Å². The molecule has 1 aromatic heterocycles. The van der Waals surface area contributed by atoms with E-state index in [2.05, 4.69) is 29.8 Å². The molecular weight excluding hydrogens is 214 g/mol. The Morgan fingerprint density at radius 1 is 1.59 bits per heavy atom. The van der Waals surface area contributed by atoms with Crippen molar-refractivity contribution in [3.8, 4) is 0 Å². The highest BCUT2D eigenvalue weighted by atomic mass is 16.3. The van der Waals surface area contributed by atoms with E-state index in [-0.39, 0.29) is 6.10 Å². The van der Waals surface area contributed by atoms with Crippen LogP contribution < -0.4 is 10.6 Å². The smallest absolute Gasteiger partial charge is 0.131 e. The molecule has 94 valence electrons. The summed E-state index contributed by atoms with van der Waals surface area (Å²) in [7, 11) is 0. The molecular formula is C13H21N3O. The van der Waals surface area contributed by atoms with Gasteiger partial charge in [0, 0.05) is 25.8 Å². The number of piperidine rings is 1. The molecule has 0 aliphatic carbocycles. The van der Waals surface area contributed by atoms with Crippen molar-refractivity contribution in [2.75, 3.05) is 18.0 Å². The summed E-state index contributed by atoms with van der Waals surface area (Å²) in [6.07, 6.45) is 2.49. The highest BCUT2D eigenvalue weighted by Crippen LogP contribution is 2.24. The Morgan fingerprint density at radius 3 is 2.94 bits per heavy atom. The highest BCUT2D eigenvalue weighted by molar-refractivity contribution is 5.47. The second-order valence-corrected chi connectivity index (χ2v) is 4.97. The maximum Gasteiger partial charge on any atom is 0.131 e. The molecule has 1 aliphatic heterocycles. The summed E-state index contributed by atoms with van der Waals surface area (Å²) in [6.45, 7) is 6.43. The van der Waals surface area contributed by atoms with Gasteiger partial charge in [-0.3, -0.25) is 0 Å². The lowest BCUT2D eigenvalue weighted by Gasteiger charge is -2.35. The molecule has 4 nitrogen and oxygen atoms in total. The predicted octanol–water partition coefficient (Wildman–Crippen LogP) is 1.06. The van der Waals surface area contributed by atoms with Gasteiger partial charge in [0.25, 0.3) is 0 Å². The van der Waals surface area contributed by atoms with Crippen LogP contribution in [0, 0.1) is 12.8 Å². The average molecular weight is 235 g/mol. The number of rotatable bonds is 2. The lowest BCUT2D eigenvalue weighted by molar-refractivity contribution is 0.0968. The van der Waals surface area contributed by atoms with Crippen molar-refractivity contribution >= 4 is 5.82 Å². The van der Waals surface area contributed by atoms with Gasteiger partial charge in [0.05, 0.1) is 6.10 Å². The van der Waals surface area contributed by atoms with E-state index in [4.69, 9.17) is 5.73 Å². The van der Waals surface area contributed by atoms with Crippen molar-refractivity contribution in [2.45, 2.75) is 32.9 Å². The van der Waals surface area contributed by atoms with Gasteiger partial charge in [-0.25, -0.2) is 4.98 Å². The van der Waals surface area contributed by atoms with Crippen LogP contribution in [0.5, 0.6) is 0 Å². The molecule has 1 saturated heterocycles. The van der Waals surface area contributed by atoms with Gasteiger partial charge in [-0.15, -0.1) is 0 Å². The van der Waals surface area contributed by atoms with E-state index in [0.29, 0.717) is 12.5 Å². The van der Waals surface area contributed by atoms with Crippen LogP contribution in [0.15, 0.2) is 12.3 Å². The monoisotopic (exact) mass is 235 g/mol. The number of aliphatic hydroxyl groups excluding tert-OH is 1. The summed E-state index contributed by atoms with van der Waals surface area (Å²) >= 11 is 0. The van der Waals surface area contributed by atoms with E-state index in [1.807, 2.05) is 6.20 Å². The molecule has 4 heteroatoms. The van der Waals surface area contributed by atoms with Crippen LogP contribution in [0.2, 0.25) is 0 Å². The van der Waals surface area contributed by atoms with Crippen molar-refractivity contribution in [2.24, 2.45) is 11.7 Å². The van der Waals surface area contributed by atoms with Gasteiger partial charge in [-0.1, -0.05) is 6.92 Å². The molecule has 1 aromatic rings. The first-order chi connectivity index (χ1) is 8.11. The fourth-order valence-corrected chi connectivity index (χ4v) is 2.39. The highest BCUT2D eigenvalue weighted by Gasteiger charge is 2.25. The van der Waals surface area contributed by atoms with E-state index in [1.54, 1.807) is 0 Å². The van der Waals surface area contributed by atoms with Crippen molar-refractivity contribution in [1.82, 2.24) is 4.98 Å². The topological polar surface area (TPSA) is 62.4 Å². The number of aryl methyl sites for hydroxylation is 1. The van der Waals surface area contributed by atoms with E-state index < -0.39 is 0 Å². The average Bonchev–Trinajstić information content (AvgIpc) is 2.32. The third-order valence-corrected chi connectivity index (χ3v) is 3.50. The fraction of sp³-hybridized carbons (Fsp3) is 0.615. The van der Waals surface area contributed by atoms with Crippen molar-refractivity contribution in [1.29, 1.82) is 0 Å². The number of hydrogen-bond donors (Lipinski definition) is 2. The lowest BCUT2D eigenvalue weighted by atomic mass is 9.96. The normalized spacial score (nSPS) is 25.1. The van der Waals surface area contributed by atoms with Gasteiger partial charge < -0.3 is 15.7 Å². The molecule has 0 bridgehead atoms. The molecule has 0 radical (unpaired) electrons. The Labute approximate surface area is 102 Å². The molecule has 0 saturated carbocycles. The molecule has 3 N–H and O–H groups in total. The number of nitrogens with two attached hydrogens (primary N) is 1. The quantitative estimate of drug-likeness (QED) is 0.804. The minimum absolute atomic E-state index is 0.171. The van der Waals surface area contributed by atoms with Crippen molar-refractivity contribution < 1.29 is 5.11 Å². The first-order valence-corrected chi connectivity index (χ1v) is 6.20. The maximum absolute atomic E-state index is 9.73. The summed E-state index contributed by atoms with van der Waals surface area (Å²) in [4.78, 5) is 6.75. The predicted molar refractivity (Wildman–Crippen MR) is 68.9 cm³/mol. The third kappa shape index (κ3) is 2.58. The van der Waals surface area contributed by atoms with Gasteiger partial charge in [0.2, 0.25) is 0 Å². The molecule has 2 heterocycles. The Bertz CT molecular complexity index is 394. The zero-order valence-corrected chi connectivity index (χ0v) is 10.6. The van der Waals surface area contributed by atoms with Crippen LogP contribution in [0.1, 0.15) is 24.5 Å². The maximum atomic E-state index is 9.73. The van der Waals surface area contributed by atoms with Crippen LogP contribution in [0.4, 0.5) is 5.82 Å². The summed E-state index contributed by atoms with van der Waals surface area (Å²) in [5.74, 6) is 1.33.